The highest BCUT2D eigenvalue weighted by atomic mass is 16.5. The van der Waals surface area contributed by atoms with Crippen LogP contribution in [0.1, 0.15) is 52.2 Å². The fourth-order valence-corrected chi connectivity index (χ4v) is 5.61. The lowest BCUT2D eigenvalue weighted by atomic mass is 9.73. The van der Waals surface area contributed by atoms with Crippen molar-refractivity contribution in [1.29, 1.82) is 0 Å². The van der Waals surface area contributed by atoms with Crippen LogP contribution >= 0.6 is 0 Å². The molecule has 1 aliphatic heterocycles. The summed E-state index contributed by atoms with van der Waals surface area (Å²) in [7, 11) is 0. The number of esters is 1. The number of aryl methyl sites for hydroxylation is 2. The van der Waals surface area contributed by atoms with Crippen molar-refractivity contribution in [1.82, 2.24) is 0 Å². The van der Waals surface area contributed by atoms with Crippen molar-refractivity contribution in [3.05, 3.63) is 95.1 Å². The molecule has 3 aromatic carbocycles. The Morgan fingerprint density at radius 2 is 1.50 bits per heavy atom. The van der Waals surface area contributed by atoms with E-state index in [1.807, 2.05) is 50.2 Å². The molecule has 7 nitrogen and oxygen atoms in total. The molecule has 1 N–H and O–H groups in total. The zero-order chi connectivity index (χ0) is 26.8. The number of imide groups is 1. The predicted molar refractivity (Wildman–Crippen MR) is 144 cm³/mol. The summed E-state index contributed by atoms with van der Waals surface area (Å²) in [5.74, 6) is -1.82. The largest absolute Gasteiger partial charge is 0.452 e. The Labute approximate surface area is 221 Å². The summed E-state index contributed by atoms with van der Waals surface area (Å²) in [6.45, 7) is 3.36. The van der Waals surface area contributed by atoms with E-state index in [9.17, 15) is 19.2 Å². The standard InChI is InChI=1S/C31H30N2O5/c1-19-7-6-8-20(2)28(19)32-27(34)18-38-31(37)22-11-14-24(15-12-22)33-29(35)25-16-13-23(17-26(25)30(33)36)21-9-4-3-5-10-21/h3-12,14-15,23,25-26H,13,16-18H2,1-2H3,(H,32,34)/t23-,25-,26+/m1/s1. The Morgan fingerprint density at radius 3 is 2.18 bits per heavy atom. The Morgan fingerprint density at radius 1 is 0.842 bits per heavy atom. The molecule has 38 heavy (non-hydrogen) atoms. The van der Waals surface area contributed by atoms with E-state index in [0.29, 0.717) is 24.2 Å². The summed E-state index contributed by atoms with van der Waals surface area (Å²) < 4.78 is 5.18. The quantitative estimate of drug-likeness (QED) is 0.365. The number of rotatable bonds is 6. The number of anilines is 2. The number of para-hydroxylation sites is 1. The van der Waals surface area contributed by atoms with Crippen LogP contribution in [-0.2, 0) is 19.1 Å². The SMILES string of the molecule is Cc1cccc(C)c1NC(=O)COC(=O)c1ccc(N2C(=O)[C@H]3C[C@H](c4ccccc4)CC[C@H]3C2=O)cc1. The number of carbonyl (C=O) groups is 4. The summed E-state index contributed by atoms with van der Waals surface area (Å²) in [4.78, 5) is 52.6. The highest BCUT2D eigenvalue weighted by molar-refractivity contribution is 6.22. The molecule has 3 aromatic rings. The molecule has 1 aliphatic carbocycles. The van der Waals surface area contributed by atoms with Crippen molar-refractivity contribution < 1.29 is 23.9 Å². The Balaban J connectivity index is 1.21. The van der Waals surface area contributed by atoms with Gasteiger partial charge in [-0.15, -0.1) is 0 Å². The maximum atomic E-state index is 13.3. The minimum Gasteiger partial charge on any atom is -0.452 e. The summed E-state index contributed by atoms with van der Waals surface area (Å²) in [5.41, 5.74) is 4.41. The topological polar surface area (TPSA) is 92.8 Å². The summed E-state index contributed by atoms with van der Waals surface area (Å²) >= 11 is 0. The van der Waals surface area contributed by atoms with Crippen molar-refractivity contribution in [3.63, 3.8) is 0 Å². The van der Waals surface area contributed by atoms with Gasteiger partial charge in [-0.25, -0.2) is 4.79 Å². The molecule has 194 valence electrons. The molecule has 5 rings (SSSR count). The monoisotopic (exact) mass is 510 g/mol. The van der Waals surface area contributed by atoms with Crippen LogP contribution in [-0.4, -0.2) is 30.3 Å². The number of ether oxygens (including phenoxy) is 1. The molecule has 1 saturated carbocycles. The molecule has 1 saturated heterocycles. The number of benzene rings is 3. The number of nitrogens with one attached hydrogen (secondary N) is 1. The Hall–Kier alpha value is -4.26. The van der Waals surface area contributed by atoms with E-state index in [0.717, 1.165) is 17.5 Å². The second-order valence-corrected chi connectivity index (χ2v) is 10.1. The Kier molecular flexibility index (Phi) is 7.09. The number of fused-ring (bicyclic) bond motifs is 1. The van der Waals surface area contributed by atoms with Gasteiger partial charge in [0.15, 0.2) is 6.61 Å². The molecule has 0 spiro atoms. The average molecular weight is 511 g/mol. The normalized spacial score (nSPS) is 20.7. The molecule has 0 bridgehead atoms. The van der Waals surface area contributed by atoms with Gasteiger partial charge in [0.25, 0.3) is 5.91 Å². The summed E-state index contributed by atoms with van der Waals surface area (Å²) in [6, 6.07) is 22.0. The molecule has 0 aromatic heterocycles. The van der Waals surface area contributed by atoms with E-state index in [1.54, 1.807) is 12.1 Å². The van der Waals surface area contributed by atoms with Crippen molar-refractivity contribution >= 4 is 35.1 Å². The predicted octanol–water partition coefficient (Wildman–Crippen LogP) is 5.17. The van der Waals surface area contributed by atoms with Crippen LogP contribution < -0.4 is 10.2 Å². The third-order valence-electron chi connectivity index (χ3n) is 7.64. The van der Waals surface area contributed by atoms with Crippen molar-refractivity contribution in [3.8, 4) is 0 Å². The van der Waals surface area contributed by atoms with E-state index < -0.39 is 18.5 Å². The van der Waals surface area contributed by atoms with Crippen LogP contribution in [0.5, 0.6) is 0 Å². The second-order valence-electron chi connectivity index (χ2n) is 10.1. The van der Waals surface area contributed by atoms with Crippen LogP contribution in [0.3, 0.4) is 0 Å². The molecule has 7 heteroatoms. The molecule has 3 amide bonds. The van der Waals surface area contributed by atoms with Gasteiger partial charge >= 0.3 is 5.97 Å². The van der Waals surface area contributed by atoms with E-state index in [1.165, 1.54) is 22.6 Å². The fourth-order valence-electron chi connectivity index (χ4n) is 5.61. The zero-order valence-electron chi connectivity index (χ0n) is 21.5. The summed E-state index contributed by atoms with van der Waals surface area (Å²) in [5, 5.41) is 2.78. The number of hydrogen-bond acceptors (Lipinski definition) is 5. The van der Waals surface area contributed by atoms with Gasteiger partial charge in [-0.05, 0) is 80.0 Å². The van der Waals surface area contributed by atoms with E-state index in [4.69, 9.17) is 4.74 Å². The minimum absolute atomic E-state index is 0.176. The fraction of sp³-hybridized carbons (Fsp3) is 0.290. The third-order valence-corrected chi connectivity index (χ3v) is 7.64. The number of hydrogen-bond donors (Lipinski definition) is 1. The van der Waals surface area contributed by atoms with Crippen LogP contribution in [0.25, 0.3) is 0 Å². The first-order chi connectivity index (χ1) is 18.3. The highest BCUT2D eigenvalue weighted by Gasteiger charge is 2.50. The lowest BCUT2D eigenvalue weighted by molar-refractivity contribution is -0.122. The molecule has 2 aliphatic rings. The Bertz CT molecular complexity index is 1360. The zero-order valence-corrected chi connectivity index (χ0v) is 21.5. The highest BCUT2D eigenvalue weighted by Crippen LogP contribution is 2.45. The molecule has 3 atom stereocenters. The lowest BCUT2D eigenvalue weighted by Crippen LogP contribution is -2.30. The lowest BCUT2D eigenvalue weighted by Gasteiger charge is -2.28. The number of amides is 3. The third kappa shape index (κ3) is 4.96. The van der Waals surface area contributed by atoms with Crippen molar-refractivity contribution in [2.45, 2.75) is 39.0 Å². The van der Waals surface area contributed by atoms with E-state index in [2.05, 4.69) is 17.4 Å². The van der Waals surface area contributed by atoms with Gasteiger partial charge in [0.2, 0.25) is 11.8 Å². The van der Waals surface area contributed by atoms with Gasteiger partial charge in [-0.2, -0.15) is 0 Å². The van der Waals surface area contributed by atoms with Crippen molar-refractivity contribution in [2.24, 2.45) is 11.8 Å². The van der Waals surface area contributed by atoms with E-state index in [-0.39, 0.29) is 35.1 Å². The van der Waals surface area contributed by atoms with Crippen molar-refractivity contribution in [2.75, 3.05) is 16.8 Å². The van der Waals surface area contributed by atoms with Gasteiger partial charge in [-0.1, -0.05) is 48.5 Å². The molecule has 0 radical (unpaired) electrons. The first kappa shape index (κ1) is 25.4. The molecular weight excluding hydrogens is 480 g/mol. The van der Waals surface area contributed by atoms with Gasteiger partial charge in [-0.3, -0.25) is 19.3 Å². The molecular formula is C31H30N2O5. The molecule has 2 fully saturated rings. The van der Waals surface area contributed by atoms with Gasteiger partial charge in [0.1, 0.15) is 0 Å². The maximum absolute atomic E-state index is 13.3. The van der Waals surface area contributed by atoms with Crippen LogP contribution in [0, 0.1) is 25.7 Å². The second kappa shape index (κ2) is 10.6. The molecule has 1 heterocycles. The van der Waals surface area contributed by atoms with Gasteiger partial charge < -0.3 is 10.1 Å². The van der Waals surface area contributed by atoms with Crippen LogP contribution in [0.2, 0.25) is 0 Å². The van der Waals surface area contributed by atoms with Gasteiger partial charge in [0.05, 0.1) is 23.1 Å². The smallest absolute Gasteiger partial charge is 0.338 e. The first-order valence-electron chi connectivity index (χ1n) is 12.9. The maximum Gasteiger partial charge on any atom is 0.338 e. The van der Waals surface area contributed by atoms with Gasteiger partial charge in [0, 0.05) is 5.69 Å². The van der Waals surface area contributed by atoms with Crippen LogP contribution in [0.15, 0.2) is 72.8 Å². The average Bonchev–Trinajstić information content (AvgIpc) is 3.19. The number of carbonyl (C=O) groups excluding carboxylic acids is 4. The number of nitrogens with zero attached hydrogens (tertiary/aromatic N) is 1. The first-order valence-corrected chi connectivity index (χ1v) is 12.9. The summed E-state index contributed by atoms with van der Waals surface area (Å²) in [6.07, 6.45) is 2.21. The molecule has 0 unspecified atom stereocenters. The van der Waals surface area contributed by atoms with E-state index >= 15 is 0 Å². The van der Waals surface area contributed by atoms with Crippen LogP contribution in [0.4, 0.5) is 11.4 Å². The minimum atomic E-state index is -0.661.